The average molecular weight is 240 g/mol. The highest BCUT2D eigenvalue weighted by Crippen LogP contribution is 2.14. The largest absolute Gasteiger partial charge is 0.487 e. The average Bonchev–Trinajstić information content (AvgIpc) is 2.46. The number of hydrogen-bond acceptors (Lipinski definition) is 5. The molecule has 5 heteroatoms. The molecule has 0 radical (unpaired) electrons. The summed E-state index contributed by atoms with van der Waals surface area (Å²) >= 11 is 0. The Labute approximate surface area is 105 Å². The smallest absolute Gasteiger partial charge is 0.130 e. The molecular weight excluding hydrogens is 228 g/mol. The molecule has 18 heavy (non-hydrogen) atoms. The van der Waals surface area contributed by atoms with Gasteiger partial charge in [-0.25, -0.2) is 0 Å². The van der Waals surface area contributed by atoms with E-state index in [1.165, 1.54) is 0 Å². The lowest BCUT2D eigenvalue weighted by Crippen LogP contribution is -2.08. The summed E-state index contributed by atoms with van der Waals surface area (Å²) in [7, 11) is 0. The van der Waals surface area contributed by atoms with Gasteiger partial charge in [0, 0.05) is 6.20 Å². The second kappa shape index (κ2) is 5.66. The molecule has 1 aromatic heterocycles. The summed E-state index contributed by atoms with van der Waals surface area (Å²) in [5.41, 5.74) is 4.71. The van der Waals surface area contributed by atoms with E-state index in [1.54, 1.807) is 36.5 Å². The van der Waals surface area contributed by atoms with Crippen LogP contribution in [0.25, 0.3) is 0 Å². The quantitative estimate of drug-likeness (QED) is 0.629. The Kier molecular flexibility index (Phi) is 3.74. The first-order valence-electron chi connectivity index (χ1n) is 5.36. The summed E-state index contributed by atoms with van der Waals surface area (Å²) < 4.78 is 5.55. The Morgan fingerprint density at radius 3 is 2.72 bits per heavy atom. The predicted molar refractivity (Wildman–Crippen MR) is 67.5 cm³/mol. The van der Waals surface area contributed by atoms with Crippen molar-refractivity contribution in [3.63, 3.8) is 0 Å². The lowest BCUT2D eigenvalue weighted by atomic mass is 10.2. The molecule has 0 unspecified atom stereocenters. The fourth-order valence-corrected chi connectivity index (χ4v) is 1.43. The van der Waals surface area contributed by atoms with Crippen molar-refractivity contribution >= 4 is 5.69 Å². The molecule has 0 aliphatic heterocycles. The molecule has 3 N–H and O–H groups in total. The first-order chi connectivity index (χ1) is 8.81. The Morgan fingerprint density at radius 2 is 2.06 bits per heavy atom. The maximum absolute atomic E-state index is 8.67. The summed E-state index contributed by atoms with van der Waals surface area (Å²) in [5.74, 6) is 6.00. The van der Waals surface area contributed by atoms with E-state index in [4.69, 9.17) is 15.8 Å². The number of benzene rings is 1. The van der Waals surface area contributed by atoms with Crippen molar-refractivity contribution in [3.05, 3.63) is 53.9 Å². The van der Waals surface area contributed by atoms with Gasteiger partial charge < -0.3 is 10.2 Å². The zero-order valence-corrected chi connectivity index (χ0v) is 9.63. The van der Waals surface area contributed by atoms with Gasteiger partial charge in [-0.05, 0) is 36.4 Å². The van der Waals surface area contributed by atoms with E-state index in [9.17, 15) is 0 Å². The Hall–Kier alpha value is -2.58. The van der Waals surface area contributed by atoms with Gasteiger partial charge in [0.05, 0.1) is 23.0 Å². The molecule has 0 aliphatic rings. The van der Waals surface area contributed by atoms with Gasteiger partial charge in [-0.1, -0.05) is 0 Å². The SMILES string of the molecule is N#Cc1ccc(OCc2cc(NN)ccn2)cc1. The normalized spacial score (nSPS) is 9.56. The fourth-order valence-electron chi connectivity index (χ4n) is 1.43. The minimum atomic E-state index is 0.349. The first kappa shape index (κ1) is 11.9. The molecule has 0 amide bonds. The van der Waals surface area contributed by atoms with Crippen molar-refractivity contribution in [2.75, 3.05) is 5.43 Å². The number of aromatic nitrogens is 1. The number of nitrogens with two attached hydrogens (primary N) is 1. The van der Waals surface area contributed by atoms with Crippen LogP contribution in [0.3, 0.4) is 0 Å². The van der Waals surface area contributed by atoms with Gasteiger partial charge >= 0.3 is 0 Å². The Morgan fingerprint density at radius 1 is 1.28 bits per heavy atom. The van der Waals surface area contributed by atoms with Crippen LogP contribution in [-0.4, -0.2) is 4.98 Å². The molecule has 0 aliphatic carbocycles. The third-order valence-electron chi connectivity index (χ3n) is 2.35. The number of nitrogens with zero attached hydrogens (tertiary/aromatic N) is 2. The van der Waals surface area contributed by atoms with Gasteiger partial charge in [0.25, 0.3) is 0 Å². The van der Waals surface area contributed by atoms with E-state index in [0.717, 1.165) is 11.4 Å². The van der Waals surface area contributed by atoms with Crippen LogP contribution in [0.4, 0.5) is 5.69 Å². The van der Waals surface area contributed by atoms with Crippen LogP contribution in [0.5, 0.6) is 5.75 Å². The molecule has 0 bridgehead atoms. The topological polar surface area (TPSA) is 84.0 Å². The maximum atomic E-state index is 8.67. The molecule has 5 nitrogen and oxygen atoms in total. The summed E-state index contributed by atoms with van der Waals surface area (Å²) in [5, 5.41) is 8.67. The van der Waals surface area contributed by atoms with Crippen molar-refractivity contribution in [2.24, 2.45) is 5.84 Å². The molecule has 0 saturated carbocycles. The minimum absolute atomic E-state index is 0.349. The van der Waals surface area contributed by atoms with Crippen molar-refractivity contribution < 1.29 is 4.74 Å². The third kappa shape index (κ3) is 2.97. The molecule has 0 saturated heterocycles. The highest BCUT2D eigenvalue weighted by molar-refractivity contribution is 5.41. The van der Waals surface area contributed by atoms with E-state index in [0.29, 0.717) is 17.9 Å². The lowest BCUT2D eigenvalue weighted by Gasteiger charge is -2.06. The van der Waals surface area contributed by atoms with Crippen molar-refractivity contribution in [1.29, 1.82) is 5.26 Å². The highest BCUT2D eigenvalue weighted by atomic mass is 16.5. The summed E-state index contributed by atoms with van der Waals surface area (Å²) in [6.07, 6.45) is 1.66. The molecule has 2 aromatic rings. The van der Waals surface area contributed by atoms with E-state index >= 15 is 0 Å². The number of anilines is 1. The fraction of sp³-hybridized carbons (Fsp3) is 0.0769. The standard InChI is InChI=1S/C13H12N4O/c14-8-10-1-3-13(4-2-10)18-9-12-7-11(17-15)5-6-16-12/h1-7H,9,15H2,(H,16,17). The minimum Gasteiger partial charge on any atom is -0.487 e. The number of nitriles is 1. The molecule has 0 fully saturated rings. The van der Waals surface area contributed by atoms with E-state index in [1.807, 2.05) is 6.07 Å². The zero-order chi connectivity index (χ0) is 12.8. The lowest BCUT2D eigenvalue weighted by molar-refractivity contribution is 0.301. The van der Waals surface area contributed by atoms with Crippen LogP contribution in [0.1, 0.15) is 11.3 Å². The van der Waals surface area contributed by atoms with Gasteiger partial charge in [-0.3, -0.25) is 10.8 Å². The van der Waals surface area contributed by atoms with Crippen LogP contribution < -0.4 is 16.0 Å². The second-order valence-corrected chi connectivity index (χ2v) is 3.61. The summed E-state index contributed by atoms with van der Waals surface area (Å²) in [6, 6.07) is 12.6. The number of hydrazine groups is 1. The first-order valence-corrected chi connectivity index (χ1v) is 5.36. The van der Waals surface area contributed by atoms with Crippen LogP contribution in [-0.2, 0) is 6.61 Å². The van der Waals surface area contributed by atoms with E-state index < -0.39 is 0 Å². The summed E-state index contributed by atoms with van der Waals surface area (Å²) in [6.45, 7) is 0.349. The molecule has 90 valence electrons. The molecule has 0 atom stereocenters. The van der Waals surface area contributed by atoms with Crippen molar-refractivity contribution in [1.82, 2.24) is 4.98 Å². The molecular formula is C13H12N4O. The van der Waals surface area contributed by atoms with Crippen LogP contribution >= 0.6 is 0 Å². The van der Waals surface area contributed by atoms with Crippen LogP contribution in [0, 0.1) is 11.3 Å². The van der Waals surface area contributed by atoms with Crippen molar-refractivity contribution in [2.45, 2.75) is 6.61 Å². The van der Waals surface area contributed by atoms with E-state index in [2.05, 4.69) is 16.5 Å². The monoisotopic (exact) mass is 240 g/mol. The maximum Gasteiger partial charge on any atom is 0.130 e. The zero-order valence-electron chi connectivity index (χ0n) is 9.63. The third-order valence-corrected chi connectivity index (χ3v) is 2.35. The molecule has 0 spiro atoms. The van der Waals surface area contributed by atoms with Crippen LogP contribution in [0.15, 0.2) is 42.6 Å². The number of nitrogens with one attached hydrogen (secondary N) is 1. The molecule has 2 rings (SSSR count). The number of nitrogen functional groups attached to an aromatic ring is 1. The van der Waals surface area contributed by atoms with Gasteiger partial charge in [-0.2, -0.15) is 5.26 Å². The number of pyridine rings is 1. The number of hydrogen-bond donors (Lipinski definition) is 2. The predicted octanol–water partition coefficient (Wildman–Crippen LogP) is 1.82. The van der Waals surface area contributed by atoms with Gasteiger partial charge in [0.2, 0.25) is 0 Å². The highest BCUT2D eigenvalue weighted by Gasteiger charge is 1.99. The second-order valence-electron chi connectivity index (χ2n) is 3.61. The van der Waals surface area contributed by atoms with E-state index in [-0.39, 0.29) is 0 Å². The summed E-state index contributed by atoms with van der Waals surface area (Å²) in [4.78, 5) is 4.16. The molecule has 1 heterocycles. The van der Waals surface area contributed by atoms with Gasteiger partial charge in [-0.15, -0.1) is 0 Å². The Bertz CT molecular complexity index is 560. The van der Waals surface area contributed by atoms with Gasteiger partial charge in [0.15, 0.2) is 0 Å². The van der Waals surface area contributed by atoms with Crippen molar-refractivity contribution in [3.8, 4) is 11.8 Å². The number of rotatable bonds is 4. The molecule has 1 aromatic carbocycles. The van der Waals surface area contributed by atoms with Crippen LogP contribution in [0.2, 0.25) is 0 Å². The number of ether oxygens (including phenoxy) is 1. The Balaban J connectivity index is 2.00. The van der Waals surface area contributed by atoms with Gasteiger partial charge in [0.1, 0.15) is 12.4 Å².